The SMILES string of the molecule is CCn1ncc2c(C(=O)OCc3ccnc(-n4ccnc4)c3)cc(-c3ccccc3)nc21. The highest BCUT2D eigenvalue weighted by Crippen LogP contribution is 2.25. The summed E-state index contributed by atoms with van der Waals surface area (Å²) < 4.78 is 9.24. The summed E-state index contributed by atoms with van der Waals surface area (Å²) in [5, 5.41) is 5.05. The van der Waals surface area contributed by atoms with E-state index >= 15 is 0 Å². The van der Waals surface area contributed by atoms with Gasteiger partial charge in [-0.1, -0.05) is 30.3 Å². The van der Waals surface area contributed by atoms with Crippen molar-refractivity contribution >= 4 is 17.0 Å². The Bertz CT molecular complexity index is 1380. The quantitative estimate of drug-likeness (QED) is 0.382. The fourth-order valence-electron chi connectivity index (χ4n) is 3.52. The average Bonchev–Trinajstić information content (AvgIpc) is 3.53. The number of fused-ring (bicyclic) bond motifs is 1. The van der Waals surface area contributed by atoms with Gasteiger partial charge in [-0.2, -0.15) is 5.10 Å². The van der Waals surface area contributed by atoms with Crippen molar-refractivity contribution in [3.8, 4) is 17.1 Å². The predicted molar refractivity (Wildman–Crippen MR) is 119 cm³/mol. The van der Waals surface area contributed by atoms with Gasteiger partial charge < -0.3 is 4.74 Å². The lowest BCUT2D eigenvalue weighted by molar-refractivity contribution is 0.0475. The van der Waals surface area contributed by atoms with Crippen LogP contribution in [0.5, 0.6) is 0 Å². The highest BCUT2D eigenvalue weighted by molar-refractivity contribution is 6.03. The molecule has 158 valence electrons. The maximum absolute atomic E-state index is 13.1. The molecule has 0 atom stereocenters. The summed E-state index contributed by atoms with van der Waals surface area (Å²) in [5.74, 6) is 0.282. The number of hydrogen-bond acceptors (Lipinski definition) is 6. The molecule has 0 radical (unpaired) electrons. The lowest BCUT2D eigenvalue weighted by atomic mass is 10.1. The molecule has 8 heteroatoms. The molecule has 5 aromatic rings. The van der Waals surface area contributed by atoms with Gasteiger partial charge in [-0.3, -0.25) is 4.57 Å². The molecule has 4 aromatic heterocycles. The Morgan fingerprint density at radius 1 is 1.09 bits per heavy atom. The summed E-state index contributed by atoms with van der Waals surface area (Å²) >= 11 is 0. The molecular weight excluding hydrogens is 404 g/mol. The Hall–Kier alpha value is -4.33. The number of pyridine rings is 2. The molecule has 0 aliphatic heterocycles. The minimum Gasteiger partial charge on any atom is -0.457 e. The van der Waals surface area contributed by atoms with Gasteiger partial charge in [-0.15, -0.1) is 0 Å². The third-order valence-electron chi connectivity index (χ3n) is 5.15. The molecule has 0 amide bonds. The number of aryl methyl sites for hydroxylation is 1. The zero-order chi connectivity index (χ0) is 21.9. The van der Waals surface area contributed by atoms with Gasteiger partial charge in [0.15, 0.2) is 5.65 Å². The summed E-state index contributed by atoms with van der Waals surface area (Å²) in [6.45, 7) is 2.76. The van der Waals surface area contributed by atoms with E-state index in [0.29, 0.717) is 34.7 Å². The van der Waals surface area contributed by atoms with Crippen molar-refractivity contribution in [3.05, 3.63) is 90.8 Å². The second-order valence-corrected chi connectivity index (χ2v) is 7.19. The Kier molecular flexibility index (Phi) is 5.17. The topological polar surface area (TPSA) is 87.7 Å². The monoisotopic (exact) mass is 424 g/mol. The first-order valence-electron chi connectivity index (χ1n) is 10.3. The summed E-state index contributed by atoms with van der Waals surface area (Å²) in [6, 6.07) is 15.2. The predicted octanol–water partition coefficient (Wildman–Crippen LogP) is 4.06. The molecule has 32 heavy (non-hydrogen) atoms. The zero-order valence-electron chi connectivity index (χ0n) is 17.4. The van der Waals surface area contributed by atoms with Gasteiger partial charge in [0.05, 0.1) is 22.8 Å². The second-order valence-electron chi connectivity index (χ2n) is 7.19. The van der Waals surface area contributed by atoms with Gasteiger partial charge in [0, 0.05) is 30.7 Å². The van der Waals surface area contributed by atoms with Crippen molar-refractivity contribution in [1.29, 1.82) is 0 Å². The van der Waals surface area contributed by atoms with Gasteiger partial charge in [0.2, 0.25) is 0 Å². The highest BCUT2D eigenvalue weighted by Gasteiger charge is 2.18. The van der Waals surface area contributed by atoms with Gasteiger partial charge in [-0.25, -0.2) is 24.4 Å². The Labute approximate surface area is 184 Å². The first-order valence-corrected chi connectivity index (χ1v) is 10.3. The Morgan fingerprint density at radius 2 is 1.97 bits per heavy atom. The number of ether oxygens (including phenoxy) is 1. The Balaban J connectivity index is 1.46. The molecule has 1 aromatic carbocycles. The first kappa shape index (κ1) is 19.6. The molecule has 0 saturated carbocycles. The van der Waals surface area contributed by atoms with Crippen LogP contribution < -0.4 is 0 Å². The summed E-state index contributed by atoms with van der Waals surface area (Å²) in [4.78, 5) is 26.2. The van der Waals surface area contributed by atoms with Crippen LogP contribution in [-0.2, 0) is 17.9 Å². The summed E-state index contributed by atoms with van der Waals surface area (Å²) in [5.41, 5.74) is 3.55. The van der Waals surface area contributed by atoms with E-state index in [-0.39, 0.29) is 6.61 Å². The van der Waals surface area contributed by atoms with E-state index < -0.39 is 5.97 Å². The molecular formula is C24H20N6O2. The molecule has 5 rings (SSSR count). The number of rotatable bonds is 6. The molecule has 0 saturated heterocycles. The van der Waals surface area contributed by atoms with Gasteiger partial charge in [-0.05, 0) is 30.7 Å². The smallest absolute Gasteiger partial charge is 0.339 e. The standard InChI is InChI=1S/C24H20N6O2/c1-2-30-23-20(14-27-30)19(13-21(28-23)18-6-4-3-5-7-18)24(31)32-15-17-8-9-26-22(12-17)29-11-10-25-16-29/h3-14,16H,2,15H2,1H3. The minimum atomic E-state index is -0.425. The van der Waals surface area contributed by atoms with Crippen molar-refractivity contribution in [2.24, 2.45) is 0 Å². The van der Waals surface area contributed by atoms with Crippen molar-refractivity contribution < 1.29 is 9.53 Å². The third-order valence-corrected chi connectivity index (χ3v) is 5.15. The molecule has 4 heterocycles. The van der Waals surface area contributed by atoms with Crippen LogP contribution in [-0.4, -0.2) is 35.3 Å². The number of esters is 1. The van der Waals surface area contributed by atoms with Crippen LogP contribution in [0.15, 0.2) is 79.6 Å². The van der Waals surface area contributed by atoms with Crippen LogP contribution in [0.4, 0.5) is 0 Å². The molecule has 0 bridgehead atoms. The van der Waals surface area contributed by atoms with Crippen molar-refractivity contribution in [3.63, 3.8) is 0 Å². The van der Waals surface area contributed by atoms with Crippen LogP contribution in [0.3, 0.4) is 0 Å². The van der Waals surface area contributed by atoms with Crippen LogP contribution in [0.1, 0.15) is 22.8 Å². The molecule has 0 unspecified atom stereocenters. The largest absolute Gasteiger partial charge is 0.457 e. The van der Waals surface area contributed by atoms with Gasteiger partial charge in [0.1, 0.15) is 18.8 Å². The van der Waals surface area contributed by atoms with Gasteiger partial charge >= 0.3 is 5.97 Å². The number of carbonyl (C=O) groups excluding carboxylic acids is 1. The zero-order valence-corrected chi connectivity index (χ0v) is 17.4. The summed E-state index contributed by atoms with van der Waals surface area (Å²) in [7, 11) is 0. The van der Waals surface area contributed by atoms with E-state index in [1.54, 1.807) is 40.2 Å². The molecule has 0 fully saturated rings. The number of benzene rings is 1. The molecule has 0 aliphatic carbocycles. The van der Waals surface area contributed by atoms with E-state index in [1.165, 1.54) is 0 Å². The Morgan fingerprint density at radius 3 is 2.75 bits per heavy atom. The number of hydrogen-bond donors (Lipinski definition) is 0. The number of carbonyl (C=O) groups is 1. The molecule has 8 nitrogen and oxygen atoms in total. The fraction of sp³-hybridized carbons (Fsp3) is 0.125. The van der Waals surface area contributed by atoms with Crippen molar-refractivity contribution in [2.45, 2.75) is 20.1 Å². The third kappa shape index (κ3) is 3.74. The van der Waals surface area contributed by atoms with Gasteiger partial charge in [0.25, 0.3) is 0 Å². The normalized spacial score (nSPS) is 11.0. The number of imidazole rings is 1. The molecule has 0 aliphatic rings. The lowest BCUT2D eigenvalue weighted by Gasteiger charge is -2.10. The van der Waals surface area contributed by atoms with E-state index in [1.807, 2.05) is 55.6 Å². The maximum Gasteiger partial charge on any atom is 0.339 e. The van der Waals surface area contributed by atoms with E-state index in [4.69, 9.17) is 9.72 Å². The number of aromatic nitrogens is 6. The molecule has 0 spiro atoms. The van der Waals surface area contributed by atoms with Crippen LogP contribution in [0.25, 0.3) is 28.1 Å². The lowest BCUT2D eigenvalue weighted by Crippen LogP contribution is -2.08. The van der Waals surface area contributed by atoms with Crippen LogP contribution >= 0.6 is 0 Å². The van der Waals surface area contributed by atoms with Crippen molar-refractivity contribution in [2.75, 3.05) is 0 Å². The summed E-state index contributed by atoms with van der Waals surface area (Å²) in [6.07, 6.45) is 8.51. The van der Waals surface area contributed by atoms with Crippen LogP contribution in [0.2, 0.25) is 0 Å². The van der Waals surface area contributed by atoms with Crippen molar-refractivity contribution in [1.82, 2.24) is 29.3 Å². The van der Waals surface area contributed by atoms with E-state index in [0.717, 1.165) is 11.1 Å². The average molecular weight is 424 g/mol. The van der Waals surface area contributed by atoms with Crippen LogP contribution in [0, 0.1) is 0 Å². The maximum atomic E-state index is 13.1. The first-order chi connectivity index (χ1) is 15.7. The van der Waals surface area contributed by atoms with E-state index in [9.17, 15) is 4.79 Å². The van der Waals surface area contributed by atoms with E-state index in [2.05, 4.69) is 15.1 Å². The molecule has 0 N–H and O–H groups in total. The highest BCUT2D eigenvalue weighted by atomic mass is 16.5. The number of nitrogens with zero attached hydrogens (tertiary/aromatic N) is 6. The second kappa shape index (κ2) is 8.43. The minimum absolute atomic E-state index is 0.120. The fourth-order valence-corrected chi connectivity index (χ4v) is 3.52.